The van der Waals surface area contributed by atoms with Crippen LogP contribution >= 0.6 is 11.8 Å². The number of aliphatic carboxylic acids is 1. The number of nitrogens with zero attached hydrogens (tertiary/aromatic N) is 3. The summed E-state index contributed by atoms with van der Waals surface area (Å²) >= 11 is 1.18. The molecule has 0 bridgehead atoms. The second-order valence-electron chi connectivity index (χ2n) is 6.18. The summed E-state index contributed by atoms with van der Waals surface area (Å²) in [6, 6.07) is 9.18. The van der Waals surface area contributed by atoms with E-state index in [0.29, 0.717) is 10.9 Å². The van der Waals surface area contributed by atoms with E-state index in [9.17, 15) is 9.59 Å². The first-order valence-electron chi connectivity index (χ1n) is 8.56. The molecule has 25 heavy (non-hydrogen) atoms. The van der Waals surface area contributed by atoms with Crippen LogP contribution in [0, 0.1) is 0 Å². The van der Waals surface area contributed by atoms with Gasteiger partial charge in [0.25, 0.3) is 0 Å². The minimum Gasteiger partial charge on any atom is -0.481 e. The molecule has 0 aromatic heterocycles. The molecule has 1 aliphatic heterocycles. The van der Waals surface area contributed by atoms with E-state index in [1.165, 1.54) is 29.5 Å². The SMILES string of the molecule is O=C(O)CC1S/C(=N\N=C2CCCCCC2)N(c2ccccc2)C1=O. The van der Waals surface area contributed by atoms with Gasteiger partial charge in [0, 0.05) is 5.71 Å². The zero-order valence-corrected chi connectivity index (χ0v) is 14.7. The molecule has 0 spiro atoms. The fraction of sp³-hybridized carbons (Fsp3) is 0.444. The molecule has 1 aromatic rings. The van der Waals surface area contributed by atoms with Gasteiger partial charge in [-0.25, -0.2) is 0 Å². The van der Waals surface area contributed by atoms with Crippen molar-refractivity contribution in [3.8, 4) is 0 Å². The topological polar surface area (TPSA) is 82.3 Å². The minimum absolute atomic E-state index is 0.220. The van der Waals surface area contributed by atoms with Crippen molar-refractivity contribution in [3.05, 3.63) is 30.3 Å². The van der Waals surface area contributed by atoms with Crippen molar-refractivity contribution in [2.24, 2.45) is 10.2 Å². The van der Waals surface area contributed by atoms with Crippen LogP contribution in [0.1, 0.15) is 44.9 Å². The number of hydrogen-bond donors (Lipinski definition) is 1. The van der Waals surface area contributed by atoms with Crippen LogP contribution in [0.4, 0.5) is 5.69 Å². The number of carboxylic acid groups (broad SMARTS) is 1. The van der Waals surface area contributed by atoms with Crippen molar-refractivity contribution < 1.29 is 14.7 Å². The van der Waals surface area contributed by atoms with Gasteiger partial charge >= 0.3 is 5.97 Å². The molecule has 1 saturated carbocycles. The third kappa shape index (κ3) is 4.48. The highest BCUT2D eigenvalue weighted by atomic mass is 32.2. The number of carbonyl (C=O) groups is 2. The number of rotatable bonds is 4. The second kappa shape index (κ2) is 8.29. The number of hydrogen-bond acceptors (Lipinski definition) is 5. The van der Waals surface area contributed by atoms with E-state index in [4.69, 9.17) is 5.11 Å². The molecular weight excluding hydrogens is 338 g/mol. The van der Waals surface area contributed by atoms with E-state index in [1.54, 1.807) is 0 Å². The summed E-state index contributed by atoms with van der Waals surface area (Å²) in [5, 5.41) is 17.6. The average molecular weight is 359 g/mol. The average Bonchev–Trinajstić information content (AvgIpc) is 2.78. The standard InChI is InChI=1S/C18H21N3O3S/c22-16(23)12-15-17(24)21(14-10-6-3-7-11-14)18(25-15)20-19-13-8-4-1-2-5-9-13/h3,6-7,10-11,15H,1-2,4-5,8-9,12H2,(H,22,23)/b20-18-. The van der Waals surface area contributed by atoms with Gasteiger partial charge in [0.15, 0.2) is 5.17 Å². The van der Waals surface area contributed by atoms with Crippen LogP contribution in [0.25, 0.3) is 0 Å². The number of benzene rings is 1. The van der Waals surface area contributed by atoms with Crippen LogP contribution < -0.4 is 4.90 Å². The van der Waals surface area contributed by atoms with Crippen molar-refractivity contribution in [2.45, 2.75) is 50.2 Å². The van der Waals surface area contributed by atoms with Gasteiger partial charge in [-0.2, -0.15) is 5.10 Å². The van der Waals surface area contributed by atoms with Gasteiger partial charge < -0.3 is 5.11 Å². The first kappa shape index (κ1) is 17.7. The Morgan fingerprint density at radius 3 is 2.44 bits per heavy atom. The fourth-order valence-electron chi connectivity index (χ4n) is 2.99. The zero-order chi connectivity index (χ0) is 17.6. The van der Waals surface area contributed by atoms with Crippen LogP contribution in [-0.2, 0) is 9.59 Å². The summed E-state index contributed by atoms with van der Waals surface area (Å²) in [5.41, 5.74) is 1.75. The Morgan fingerprint density at radius 1 is 1.12 bits per heavy atom. The minimum atomic E-state index is -0.991. The summed E-state index contributed by atoms with van der Waals surface area (Å²) in [6.45, 7) is 0. The Kier molecular flexibility index (Phi) is 5.86. The maximum atomic E-state index is 12.7. The van der Waals surface area contributed by atoms with Gasteiger partial charge in [-0.15, -0.1) is 5.10 Å². The van der Waals surface area contributed by atoms with Gasteiger partial charge in [-0.05, 0) is 37.8 Å². The molecule has 1 aliphatic carbocycles. The molecule has 1 heterocycles. The lowest BCUT2D eigenvalue weighted by molar-refractivity contribution is -0.138. The monoisotopic (exact) mass is 359 g/mol. The van der Waals surface area contributed by atoms with E-state index < -0.39 is 11.2 Å². The van der Waals surface area contributed by atoms with Gasteiger partial charge in [0.2, 0.25) is 5.91 Å². The molecule has 1 aromatic carbocycles. The van der Waals surface area contributed by atoms with Crippen molar-refractivity contribution in [1.82, 2.24) is 0 Å². The number of anilines is 1. The first-order chi connectivity index (χ1) is 12.1. The Bertz CT molecular complexity index is 693. The Morgan fingerprint density at radius 2 is 1.80 bits per heavy atom. The van der Waals surface area contributed by atoms with E-state index in [1.807, 2.05) is 30.3 Å². The molecule has 6 nitrogen and oxygen atoms in total. The van der Waals surface area contributed by atoms with Crippen LogP contribution in [0.5, 0.6) is 0 Å². The lowest BCUT2D eigenvalue weighted by Gasteiger charge is -2.15. The number of para-hydroxylation sites is 1. The summed E-state index contributed by atoms with van der Waals surface area (Å²) in [4.78, 5) is 25.2. The quantitative estimate of drug-likeness (QED) is 0.657. The Labute approximate surface area is 151 Å². The molecule has 3 rings (SSSR count). The van der Waals surface area contributed by atoms with E-state index in [2.05, 4.69) is 10.2 Å². The largest absolute Gasteiger partial charge is 0.481 e. The van der Waals surface area contributed by atoms with Crippen LogP contribution in [0.3, 0.4) is 0 Å². The van der Waals surface area contributed by atoms with E-state index in [0.717, 1.165) is 31.4 Å². The van der Waals surface area contributed by atoms with Gasteiger partial charge in [-0.1, -0.05) is 42.8 Å². The normalized spacial score (nSPS) is 23.0. The third-order valence-corrected chi connectivity index (χ3v) is 5.39. The molecule has 0 radical (unpaired) electrons. The molecule has 1 N–H and O–H groups in total. The van der Waals surface area contributed by atoms with Gasteiger partial charge in [0.1, 0.15) is 5.25 Å². The van der Waals surface area contributed by atoms with Crippen LogP contribution in [0.15, 0.2) is 40.5 Å². The summed E-state index contributed by atoms with van der Waals surface area (Å²) in [7, 11) is 0. The molecule has 132 valence electrons. The summed E-state index contributed by atoms with van der Waals surface area (Å²) in [5.74, 6) is -1.24. The van der Waals surface area contributed by atoms with Crippen LogP contribution in [-0.4, -0.2) is 33.1 Å². The number of thioether (sulfide) groups is 1. The van der Waals surface area contributed by atoms with E-state index in [-0.39, 0.29) is 12.3 Å². The van der Waals surface area contributed by atoms with Crippen molar-refractivity contribution in [1.29, 1.82) is 0 Å². The van der Waals surface area contributed by atoms with E-state index >= 15 is 0 Å². The molecule has 1 atom stereocenters. The van der Waals surface area contributed by atoms with Crippen molar-refractivity contribution >= 4 is 40.2 Å². The molecule has 1 saturated heterocycles. The molecule has 2 fully saturated rings. The molecule has 1 amide bonds. The maximum Gasteiger partial charge on any atom is 0.305 e. The lowest BCUT2D eigenvalue weighted by atomic mass is 10.2. The second-order valence-corrected chi connectivity index (χ2v) is 7.35. The van der Waals surface area contributed by atoms with Gasteiger partial charge in [0.05, 0.1) is 12.1 Å². The fourth-order valence-corrected chi connectivity index (χ4v) is 4.06. The number of carboxylic acids is 1. The predicted molar refractivity (Wildman–Crippen MR) is 100 cm³/mol. The van der Waals surface area contributed by atoms with Crippen molar-refractivity contribution in [3.63, 3.8) is 0 Å². The number of amidine groups is 1. The summed E-state index contributed by atoms with van der Waals surface area (Å²) in [6.07, 6.45) is 6.36. The predicted octanol–water partition coefficient (Wildman–Crippen LogP) is 3.68. The number of amides is 1. The molecular formula is C18H21N3O3S. The highest BCUT2D eigenvalue weighted by molar-refractivity contribution is 8.16. The third-order valence-electron chi connectivity index (χ3n) is 4.27. The van der Waals surface area contributed by atoms with Gasteiger partial charge in [-0.3, -0.25) is 14.5 Å². The van der Waals surface area contributed by atoms with Crippen molar-refractivity contribution in [2.75, 3.05) is 4.90 Å². The highest BCUT2D eigenvalue weighted by Crippen LogP contribution is 2.33. The highest BCUT2D eigenvalue weighted by Gasteiger charge is 2.40. The number of carbonyl (C=O) groups excluding carboxylic acids is 1. The Hall–Kier alpha value is -2.15. The molecule has 1 unspecified atom stereocenters. The molecule has 2 aliphatic rings. The molecule has 7 heteroatoms. The Balaban J connectivity index is 1.88. The van der Waals surface area contributed by atoms with Crippen LogP contribution in [0.2, 0.25) is 0 Å². The maximum absolute atomic E-state index is 12.7. The smallest absolute Gasteiger partial charge is 0.305 e. The zero-order valence-electron chi connectivity index (χ0n) is 13.9. The lowest BCUT2D eigenvalue weighted by Crippen LogP contribution is -2.32. The summed E-state index contributed by atoms with van der Waals surface area (Å²) < 4.78 is 0. The first-order valence-corrected chi connectivity index (χ1v) is 9.44.